The van der Waals surface area contributed by atoms with Crippen LogP contribution in [-0.4, -0.2) is 11.0 Å². The Bertz CT molecular complexity index is 279. The third-order valence-electron chi connectivity index (χ3n) is 2.77. The lowest BCUT2D eigenvalue weighted by molar-refractivity contribution is 0.406. The van der Waals surface area contributed by atoms with Crippen LogP contribution in [0, 0.1) is 6.92 Å². The predicted octanol–water partition coefficient (Wildman–Crippen LogP) is 3.68. The second-order valence-corrected chi connectivity index (χ2v) is 4.86. The van der Waals surface area contributed by atoms with Crippen LogP contribution in [0.5, 0.6) is 0 Å². The van der Waals surface area contributed by atoms with Crippen molar-refractivity contribution in [3.8, 4) is 0 Å². The Hall–Kier alpha value is -0.410. The largest absolute Gasteiger partial charge is 0.305 e. The van der Waals surface area contributed by atoms with Crippen LogP contribution in [0.3, 0.4) is 0 Å². The van der Waals surface area contributed by atoms with Gasteiger partial charge in [-0.15, -0.1) is 11.3 Å². The first-order valence-corrected chi connectivity index (χ1v) is 6.77. The van der Waals surface area contributed by atoms with E-state index in [2.05, 4.69) is 43.4 Å². The van der Waals surface area contributed by atoms with Gasteiger partial charge in [-0.25, -0.2) is 4.98 Å². The maximum Gasteiger partial charge on any atom is 0.110 e. The SMILES string of the molecule is CCC(CC)NC(CC)c1nc(C)cs1. The fourth-order valence-electron chi connectivity index (χ4n) is 1.70. The van der Waals surface area contributed by atoms with Crippen molar-refractivity contribution in [2.24, 2.45) is 0 Å². The molecule has 1 aromatic heterocycles. The topological polar surface area (TPSA) is 24.9 Å². The summed E-state index contributed by atoms with van der Waals surface area (Å²) in [6.45, 7) is 8.75. The van der Waals surface area contributed by atoms with Gasteiger partial charge in [0.15, 0.2) is 0 Å². The van der Waals surface area contributed by atoms with Crippen molar-refractivity contribution in [1.82, 2.24) is 10.3 Å². The third kappa shape index (κ3) is 3.58. The van der Waals surface area contributed by atoms with Crippen LogP contribution in [0.2, 0.25) is 0 Å². The van der Waals surface area contributed by atoms with Crippen LogP contribution in [0.25, 0.3) is 0 Å². The monoisotopic (exact) mass is 226 g/mol. The minimum absolute atomic E-state index is 0.439. The number of thiazole rings is 1. The Balaban J connectivity index is 2.63. The molecule has 0 spiro atoms. The van der Waals surface area contributed by atoms with Gasteiger partial charge in [0.1, 0.15) is 5.01 Å². The molecule has 0 aliphatic carbocycles. The highest BCUT2D eigenvalue weighted by Crippen LogP contribution is 2.22. The minimum Gasteiger partial charge on any atom is -0.305 e. The highest BCUT2D eigenvalue weighted by Gasteiger charge is 2.15. The van der Waals surface area contributed by atoms with Crippen LogP contribution in [0.1, 0.15) is 56.8 Å². The fourth-order valence-corrected chi connectivity index (χ4v) is 2.64. The van der Waals surface area contributed by atoms with E-state index in [0.29, 0.717) is 12.1 Å². The van der Waals surface area contributed by atoms with Crippen molar-refractivity contribution in [3.05, 3.63) is 16.1 Å². The lowest BCUT2D eigenvalue weighted by Crippen LogP contribution is -2.31. The molecule has 1 unspecified atom stereocenters. The van der Waals surface area contributed by atoms with Crippen LogP contribution in [0.15, 0.2) is 5.38 Å². The molecule has 0 radical (unpaired) electrons. The lowest BCUT2D eigenvalue weighted by atomic mass is 10.1. The molecule has 1 atom stereocenters. The molecular formula is C12H22N2S. The van der Waals surface area contributed by atoms with Crippen molar-refractivity contribution in [3.63, 3.8) is 0 Å². The zero-order valence-corrected chi connectivity index (χ0v) is 11.0. The summed E-state index contributed by atoms with van der Waals surface area (Å²) in [7, 11) is 0. The van der Waals surface area contributed by atoms with Crippen LogP contribution < -0.4 is 5.32 Å². The summed E-state index contributed by atoms with van der Waals surface area (Å²) in [5, 5.41) is 7.05. The second kappa shape index (κ2) is 6.23. The Morgan fingerprint density at radius 2 is 1.93 bits per heavy atom. The molecule has 15 heavy (non-hydrogen) atoms. The Morgan fingerprint density at radius 1 is 1.27 bits per heavy atom. The summed E-state index contributed by atoms with van der Waals surface area (Å²) >= 11 is 1.77. The minimum atomic E-state index is 0.439. The third-order valence-corrected chi connectivity index (χ3v) is 3.84. The average Bonchev–Trinajstić information content (AvgIpc) is 2.67. The van der Waals surface area contributed by atoms with Gasteiger partial charge in [-0.1, -0.05) is 20.8 Å². The average molecular weight is 226 g/mol. The van der Waals surface area contributed by atoms with E-state index in [4.69, 9.17) is 0 Å². The molecule has 1 aromatic rings. The van der Waals surface area contributed by atoms with E-state index in [1.807, 2.05) is 0 Å². The molecule has 86 valence electrons. The summed E-state index contributed by atoms with van der Waals surface area (Å²) < 4.78 is 0. The van der Waals surface area contributed by atoms with Gasteiger partial charge in [0, 0.05) is 17.1 Å². The zero-order chi connectivity index (χ0) is 11.3. The van der Waals surface area contributed by atoms with Crippen LogP contribution in [0.4, 0.5) is 0 Å². The molecule has 3 heteroatoms. The van der Waals surface area contributed by atoms with Gasteiger partial charge in [-0.2, -0.15) is 0 Å². The van der Waals surface area contributed by atoms with Crippen LogP contribution in [-0.2, 0) is 0 Å². The van der Waals surface area contributed by atoms with Crippen molar-refractivity contribution in [2.45, 2.75) is 59.0 Å². The van der Waals surface area contributed by atoms with E-state index in [1.54, 1.807) is 11.3 Å². The quantitative estimate of drug-likeness (QED) is 0.800. The first-order valence-electron chi connectivity index (χ1n) is 5.89. The molecule has 2 nitrogen and oxygen atoms in total. The Labute approximate surface area is 97.1 Å². The maximum absolute atomic E-state index is 4.56. The van der Waals surface area contributed by atoms with Crippen molar-refractivity contribution in [1.29, 1.82) is 0 Å². The summed E-state index contributed by atoms with van der Waals surface area (Å²) in [5.41, 5.74) is 1.14. The highest BCUT2D eigenvalue weighted by atomic mass is 32.1. The molecular weight excluding hydrogens is 204 g/mol. The fraction of sp³-hybridized carbons (Fsp3) is 0.750. The van der Waals surface area contributed by atoms with E-state index in [0.717, 1.165) is 12.1 Å². The van der Waals surface area contributed by atoms with Crippen molar-refractivity contribution in [2.75, 3.05) is 0 Å². The predicted molar refractivity (Wildman–Crippen MR) is 67.4 cm³/mol. The van der Waals surface area contributed by atoms with E-state index in [1.165, 1.54) is 17.8 Å². The second-order valence-electron chi connectivity index (χ2n) is 3.97. The van der Waals surface area contributed by atoms with Gasteiger partial charge in [-0.3, -0.25) is 0 Å². The van der Waals surface area contributed by atoms with Gasteiger partial charge < -0.3 is 5.32 Å². The molecule has 1 N–H and O–H groups in total. The first-order chi connectivity index (χ1) is 7.21. The number of hydrogen-bond donors (Lipinski definition) is 1. The number of aryl methyl sites for hydroxylation is 1. The molecule has 0 aromatic carbocycles. The van der Waals surface area contributed by atoms with Gasteiger partial charge in [0.05, 0.1) is 6.04 Å². The van der Waals surface area contributed by atoms with Crippen molar-refractivity contribution >= 4 is 11.3 Å². The molecule has 0 saturated heterocycles. The standard InChI is InChI=1S/C12H22N2S/c1-5-10(6-2)14-11(7-3)12-13-9(4)8-15-12/h8,10-11,14H,5-7H2,1-4H3. The van der Waals surface area contributed by atoms with Gasteiger partial charge in [0.2, 0.25) is 0 Å². The summed E-state index contributed by atoms with van der Waals surface area (Å²) in [4.78, 5) is 4.56. The lowest BCUT2D eigenvalue weighted by Gasteiger charge is -2.21. The number of aromatic nitrogens is 1. The first kappa shape index (κ1) is 12.7. The molecule has 1 rings (SSSR count). The van der Waals surface area contributed by atoms with Crippen molar-refractivity contribution < 1.29 is 0 Å². The molecule has 0 fully saturated rings. The van der Waals surface area contributed by atoms with E-state index in [-0.39, 0.29) is 0 Å². The molecule has 0 bridgehead atoms. The Morgan fingerprint density at radius 3 is 2.33 bits per heavy atom. The number of rotatable bonds is 6. The van der Waals surface area contributed by atoms with Gasteiger partial charge in [-0.05, 0) is 26.2 Å². The van der Waals surface area contributed by atoms with Crippen LogP contribution >= 0.6 is 11.3 Å². The molecule has 1 heterocycles. The number of nitrogens with zero attached hydrogens (tertiary/aromatic N) is 1. The summed E-state index contributed by atoms with van der Waals surface area (Å²) in [5.74, 6) is 0. The maximum atomic E-state index is 4.56. The molecule has 0 amide bonds. The van der Waals surface area contributed by atoms with Gasteiger partial charge >= 0.3 is 0 Å². The normalized spacial score (nSPS) is 13.4. The van der Waals surface area contributed by atoms with Gasteiger partial charge in [0.25, 0.3) is 0 Å². The molecule has 0 saturated carbocycles. The molecule has 0 aliphatic heterocycles. The summed E-state index contributed by atoms with van der Waals surface area (Å²) in [6.07, 6.45) is 3.50. The smallest absolute Gasteiger partial charge is 0.110 e. The van der Waals surface area contributed by atoms with E-state index in [9.17, 15) is 0 Å². The Kier molecular flexibility index (Phi) is 5.26. The molecule has 0 aliphatic rings. The summed E-state index contributed by atoms with van der Waals surface area (Å²) in [6, 6.07) is 1.06. The zero-order valence-electron chi connectivity index (χ0n) is 10.2. The van der Waals surface area contributed by atoms with E-state index >= 15 is 0 Å². The number of hydrogen-bond acceptors (Lipinski definition) is 3. The highest BCUT2D eigenvalue weighted by molar-refractivity contribution is 7.09. The number of nitrogens with one attached hydrogen (secondary N) is 1. The van der Waals surface area contributed by atoms with E-state index < -0.39 is 0 Å².